The van der Waals surface area contributed by atoms with Crippen LogP contribution in [-0.4, -0.2) is 20.0 Å². The van der Waals surface area contributed by atoms with Crippen LogP contribution in [0.3, 0.4) is 0 Å². The largest absolute Gasteiger partial charge is 0.294 e. The summed E-state index contributed by atoms with van der Waals surface area (Å²) in [5, 5.41) is 1.08. The fraction of sp³-hybridized carbons (Fsp3) is 0.0556. The third-order valence-electron chi connectivity index (χ3n) is 2.87. The lowest BCUT2D eigenvalue weighted by molar-refractivity contribution is -0.112. The Bertz CT molecular complexity index is 774. The zero-order valence-corrected chi connectivity index (χ0v) is 12.7. The predicted octanol–water partition coefficient (Wildman–Crippen LogP) is 3.35. The Morgan fingerprint density at radius 1 is 0.818 bits per heavy atom. The van der Waals surface area contributed by atoms with E-state index in [-0.39, 0.29) is 0 Å². The zero-order valence-electron chi connectivity index (χ0n) is 11.9. The molecule has 22 heavy (non-hydrogen) atoms. The normalized spacial score (nSPS) is 12.0. The average Bonchev–Trinajstić information content (AvgIpc) is 2.53. The number of hydrogen-bond donors (Lipinski definition) is 0. The van der Waals surface area contributed by atoms with E-state index < -0.39 is 21.4 Å². The van der Waals surface area contributed by atoms with E-state index in [2.05, 4.69) is 0 Å². The monoisotopic (exact) mass is 312 g/mol. The Hall–Kier alpha value is -2.46. The first-order valence-electron chi connectivity index (χ1n) is 6.77. The van der Waals surface area contributed by atoms with E-state index in [0.29, 0.717) is 0 Å². The fourth-order valence-corrected chi connectivity index (χ4v) is 2.75. The van der Waals surface area contributed by atoms with Crippen LogP contribution in [0.25, 0.3) is 12.2 Å². The highest BCUT2D eigenvalue weighted by molar-refractivity contribution is 7.95. The summed E-state index contributed by atoms with van der Waals surface area (Å²) in [5.41, 5.74) is 1.63. The van der Waals surface area contributed by atoms with Crippen molar-refractivity contribution in [2.45, 2.75) is 0 Å². The summed E-state index contributed by atoms with van der Waals surface area (Å²) in [6, 6.07) is 18.3. The Morgan fingerprint density at radius 2 is 1.32 bits per heavy atom. The van der Waals surface area contributed by atoms with Crippen LogP contribution in [0.1, 0.15) is 11.1 Å². The van der Waals surface area contributed by atoms with Crippen LogP contribution in [0, 0.1) is 0 Å². The smallest absolute Gasteiger partial charge is 0.179 e. The fourth-order valence-electron chi connectivity index (χ4n) is 1.79. The summed E-state index contributed by atoms with van der Waals surface area (Å²) in [6.07, 6.45) is 4.39. The molecule has 0 aromatic heterocycles. The second kappa shape index (κ2) is 7.52. The first-order valence-corrected chi connectivity index (χ1v) is 8.48. The molecule has 0 heterocycles. The highest BCUT2D eigenvalue weighted by atomic mass is 32.2. The molecule has 0 spiro atoms. The van der Waals surface area contributed by atoms with Crippen molar-refractivity contribution in [2.75, 3.05) is 5.75 Å². The van der Waals surface area contributed by atoms with Gasteiger partial charge in [-0.1, -0.05) is 66.7 Å². The minimum atomic E-state index is -3.56. The number of benzene rings is 2. The first kappa shape index (κ1) is 15.9. The molecular formula is C18H16O3S. The van der Waals surface area contributed by atoms with Gasteiger partial charge in [-0.2, -0.15) is 0 Å². The van der Waals surface area contributed by atoms with Gasteiger partial charge in [-0.3, -0.25) is 4.79 Å². The summed E-state index contributed by atoms with van der Waals surface area (Å²) >= 11 is 0. The SMILES string of the molecule is O=C(/C=C/c1ccccc1)CS(=O)(=O)C=Cc1ccccc1. The van der Waals surface area contributed by atoms with Gasteiger partial charge >= 0.3 is 0 Å². The molecule has 0 aliphatic heterocycles. The quantitative estimate of drug-likeness (QED) is 0.769. The van der Waals surface area contributed by atoms with Crippen molar-refractivity contribution < 1.29 is 13.2 Å². The van der Waals surface area contributed by atoms with Crippen molar-refractivity contribution in [3.8, 4) is 0 Å². The molecule has 2 aromatic rings. The highest BCUT2D eigenvalue weighted by Crippen LogP contribution is 2.05. The topological polar surface area (TPSA) is 51.2 Å². The molecule has 0 saturated carbocycles. The summed E-state index contributed by atoms with van der Waals surface area (Å²) in [7, 11) is -3.56. The van der Waals surface area contributed by atoms with Crippen LogP contribution in [0.5, 0.6) is 0 Å². The minimum absolute atomic E-state index is 0.443. The van der Waals surface area contributed by atoms with Gasteiger partial charge in [0.25, 0.3) is 0 Å². The summed E-state index contributed by atoms with van der Waals surface area (Å²) in [5.74, 6) is -0.971. The summed E-state index contributed by atoms with van der Waals surface area (Å²) < 4.78 is 23.8. The molecule has 0 unspecified atom stereocenters. The number of ketones is 1. The Morgan fingerprint density at radius 3 is 1.86 bits per heavy atom. The number of hydrogen-bond acceptors (Lipinski definition) is 3. The zero-order chi connectivity index (χ0) is 15.8. The molecule has 2 aromatic carbocycles. The second-order valence-corrected chi connectivity index (χ2v) is 6.62. The molecule has 2 rings (SSSR count). The predicted molar refractivity (Wildman–Crippen MR) is 89.7 cm³/mol. The van der Waals surface area contributed by atoms with Crippen molar-refractivity contribution in [3.63, 3.8) is 0 Å². The van der Waals surface area contributed by atoms with E-state index in [4.69, 9.17) is 0 Å². The molecule has 0 aliphatic rings. The first-order chi connectivity index (χ1) is 10.6. The minimum Gasteiger partial charge on any atom is -0.294 e. The molecule has 0 amide bonds. The van der Waals surface area contributed by atoms with Gasteiger partial charge in [-0.15, -0.1) is 0 Å². The van der Waals surface area contributed by atoms with Crippen LogP contribution < -0.4 is 0 Å². The third kappa shape index (κ3) is 5.50. The lowest BCUT2D eigenvalue weighted by Crippen LogP contribution is -2.11. The second-order valence-electron chi connectivity index (χ2n) is 4.73. The van der Waals surface area contributed by atoms with Crippen molar-refractivity contribution >= 4 is 27.8 Å². The number of sulfone groups is 1. The van der Waals surface area contributed by atoms with Gasteiger partial charge in [0.1, 0.15) is 5.75 Å². The van der Waals surface area contributed by atoms with Gasteiger partial charge in [0, 0.05) is 5.41 Å². The van der Waals surface area contributed by atoms with Crippen LogP contribution in [-0.2, 0) is 14.6 Å². The van der Waals surface area contributed by atoms with E-state index >= 15 is 0 Å². The van der Waals surface area contributed by atoms with E-state index in [1.165, 1.54) is 12.2 Å². The number of carbonyl (C=O) groups excluding carboxylic acids is 1. The maximum absolute atomic E-state index is 11.9. The molecule has 0 radical (unpaired) electrons. The maximum Gasteiger partial charge on any atom is 0.179 e. The third-order valence-corrected chi connectivity index (χ3v) is 4.11. The Labute approximate surface area is 130 Å². The van der Waals surface area contributed by atoms with Gasteiger partial charge in [0.15, 0.2) is 15.6 Å². The summed E-state index contributed by atoms with van der Waals surface area (Å²) in [6.45, 7) is 0. The number of carbonyl (C=O) groups is 1. The van der Waals surface area contributed by atoms with Gasteiger partial charge in [0.2, 0.25) is 0 Å². The average molecular weight is 312 g/mol. The van der Waals surface area contributed by atoms with E-state index in [9.17, 15) is 13.2 Å². The molecule has 0 saturated heterocycles. The van der Waals surface area contributed by atoms with Gasteiger partial charge in [-0.25, -0.2) is 8.42 Å². The van der Waals surface area contributed by atoms with Crippen LogP contribution in [0.4, 0.5) is 0 Å². The number of allylic oxidation sites excluding steroid dienone is 1. The molecule has 0 aliphatic carbocycles. The van der Waals surface area contributed by atoms with E-state index in [1.54, 1.807) is 18.2 Å². The molecule has 3 nitrogen and oxygen atoms in total. The van der Waals surface area contributed by atoms with Crippen molar-refractivity contribution in [2.24, 2.45) is 0 Å². The van der Waals surface area contributed by atoms with Crippen molar-refractivity contribution in [1.82, 2.24) is 0 Å². The number of rotatable bonds is 6. The van der Waals surface area contributed by atoms with E-state index in [1.807, 2.05) is 48.5 Å². The molecule has 4 heteroatoms. The van der Waals surface area contributed by atoms with Crippen LogP contribution >= 0.6 is 0 Å². The molecular weight excluding hydrogens is 296 g/mol. The van der Waals surface area contributed by atoms with Gasteiger partial charge in [-0.05, 0) is 23.3 Å². The van der Waals surface area contributed by atoms with Gasteiger partial charge < -0.3 is 0 Å². The molecule has 112 valence electrons. The summed E-state index contributed by atoms with van der Waals surface area (Å²) in [4.78, 5) is 11.7. The Kier molecular flexibility index (Phi) is 5.44. The molecule has 0 bridgehead atoms. The van der Waals surface area contributed by atoms with Crippen molar-refractivity contribution in [1.29, 1.82) is 0 Å². The molecule has 0 fully saturated rings. The van der Waals surface area contributed by atoms with Crippen molar-refractivity contribution in [3.05, 3.63) is 83.3 Å². The maximum atomic E-state index is 11.9. The molecule has 0 N–H and O–H groups in total. The van der Waals surface area contributed by atoms with Gasteiger partial charge in [0.05, 0.1) is 0 Å². The van der Waals surface area contributed by atoms with Crippen LogP contribution in [0.2, 0.25) is 0 Å². The standard InChI is InChI=1S/C18H16O3S/c19-18(12-11-16-7-3-1-4-8-16)15-22(20,21)14-13-17-9-5-2-6-10-17/h1-14H,15H2/b12-11+,14-13?. The lowest BCUT2D eigenvalue weighted by Gasteiger charge is -1.96. The lowest BCUT2D eigenvalue weighted by atomic mass is 10.2. The molecule has 0 atom stereocenters. The van der Waals surface area contributed by atoms with Crippen LogP contribution in [0.15, 0.2) is 72.1 Å². The van der Waals surface area contributed by atoms with E-state index in [0.717, 1.165) is 16.5 Å². The highest BCUT2D eigenvalue weighted by Gasteiger charge is 2.10. The Balaban J connectivity index is 1.98.